The van der Waals surface area contributed by atoms with Crippen LogP contribution in [-0.2, 0) is 0 Å². The van der Waals surface area contributed by atoms with E-state index in [2.05, 4.69) is 19.2 Å². The molecule has 8 heavy (non-hydrogen) atoms. The molecule has 46 valence electrons. The highest BCUT2D eigenvalue weighted by Crippen LogP contribution is 1.90. The molecule has 0 rings (SSSR count). The lowest BCUT2D eigenvalue weighted by Gasteiger charge is -2.12. The Morgan fingerprint density at radius 1 is 2.00 bits per heavy atom. The predicted molar refractivity (Wildman–Crippen MR) is 44.4 cm³/mol. The Balaban J connectivity index is 3.46. The van der Waals surface area contributed by atoms with Crippen LogP contribution < -0.4 is 0 Å². The van der Waals surface area contributed by atoms with E-state index in [1.807, 2.05) is 11.9 Å². The van der Waals surface area contributed by atoms with Crippen LogP contribution in [0.1, 0.15) is 0 Å². The fourth-order valence-corrected chi connectivity index (χ4v) is 0.428. The fraction of sp³-hybridized carbons (Fsp3) is 0.400. The molecule has 0 bridgehead atoms. The van der Waals surface area contributed by atoms with Crippen molar-refractivity contribution in [2.24, 2.45) is 0 Å². The van der Waals surface area contributed by atoms with Crippen molar-refractivity contribution in [1.82, 2.24) is 4.90 Å². The van der Waals surface area contributed by atoms with E-state index in [1.54, 1.807) is 6.08 Å². The van der Waals surface area contributed by atoms with Gasteiger partial charge in [0.05, 0.1) is 0 Å². The molecule has 0 aromatic carbocycles. The third-order valence-electron chi connectivity index (χ3n) is 0.730. The summed E-state index contributed by atoms with van der Waals surface area (Å²) in [6, 6.07) is 0. The molecule has 0 saturated carbocycles. The van der Waals surface area contributed by atoms with Gasteiger partial charge in [-0.05, 0) is 0 Å². The van der Waals surface area contributed by atoms with Gasteiger partial charge >= 0.3 is 0 Å². The van der Waals surface area contributed by atoms with Gasteiger partial charge in [0.1, 0.15) is 4.32 Å². The Kier molecular flexibility index (Phi) is 3.91. The number of hydrogen-bond donors (Lipinski definition) is 1. The number of thiol groups is 1. The Morgan fingerprint density at radius 3 is 2.62 bits per heavy atom. The van der Waals surface area contributed by atoms with Gasteiger partial charge in [0.25, 0.3) is 0 Å². The Bertz CT molecular complexity index is 101. The molecule has 0 aliphatic rings. The molecule has 0 radical (unpaired) electrons. The quantitative estimate of drug-likeness (QED) is 0.356. The molecule has 0 atom stereocenters. The normalized spacial score (nSPS) is 8.25. The van der Waals surface area contributed by atoms with Crippen molar-refractivity contribution in [2.75, 3.05) is 13.6 Å². The number of thiocarbonyl (C=S) groups is 1. The zero-order valence-corrected chi connectivity index (χ0v) is 6.51. The van der Waals surface area contributed by atoms with Crippen LogP contribution in [0.15, 0.2) is 12.7 Å². The van der Waals surface area contributed by atoms with Crippen molar-refractivity contribution in [3.8, 4) is 0 Å². The molecule has 0 unspecified atom stereocenters. The molecular weight excluding hydrogens is 138 g/mol. The molecular formula is C5H9NS2. The fourth-order valence-electron chi connectivity index (χ4n) is 0.272. The molecule has 0 spiro atoms. The summed E-state index contributed by atoms with van der Waals surface area (Å²) in [5.41, 5.74) is 0. The van der Waals surface area contributed by atoms with Crippen LogP contribution >= 0.6 is 24.8 Å². The second kappa shape index (κ2) is 3.92. The van der Waals surface area contributed by atoms with Crippen LogP contribution in [0.5, 0.6) is 0 Å². The molecule has 0 aromatic heterocycles. The van der Waals surface area contributed by atoms with Gasteiger partial charge in [-0.15, -0.1) is 19.2 Å². The third-order valence-corrected chi connectivity index (χ3v) is 1.38. The molecule has 0 aromatic rings. The minimum Gasteiger partial charge on any atom is -0.357 e. The molecule has 1 nitrogen and oxygen atoms in total. The highest BCUT2D eigenvalue weighted by atomic mass is 32.1. The van der Waals surface area contributed by atoms with Gasteiger partial charge in [0, 0.05) is 13.6 Å². The maximum atomic E-state index is 4.73. The SMILES string of the molecule is C=CCN(C)C(=S)S. The van der Waals surface area contributed by atoms with E-state index < -0.39 is 0 Å². The summed E-state index contributed by atoms with van der Waals surface area (Å²) < 4.78 is 0.602. The van der Waals surface area contributed by atoms with Crippen molar-refractivity contribution in [2.45, 2.75) is 0 Å². The molecule has 0 amide bonds. The highest BCUT2D eigenvalue weighted by molar-refractivity contribution is 8.10. The minimum absolute atomic E-state index is 0.602. The summed E-state index contributed by atoms with van der Waals surface area (Å²) in [7, 11) is 1.87. The van der Waals surface area contributed by atoms with E-state index >= 15 is 0 Å². The largest absolute Gasteiger partial charge is 0.357 e. The van der Waals surface area contributed by atoms with Crippen LogP contribution in [-0.4, -0.2) is 22.8 Å². The van der Waals surface area contributed by atoms with Crippen LogP contribution in [0.4, 0.5) is 0 Å². The summed E-state index contributed by atoms with van der Waals surface area (Å²) in [4.78, 5) is 1.82. The topological polar surface area (TPSA) is 3.24 Å². The maximum Gasteiger partial charge on any atom is 0.133 e. The number of nitrogens with zero attached hydrogens (tertiary/aromatic N) is 1. The van der Waals surface area contributed by atoms with Gasteiger partial charge in [-0.3, -0.25) is 0 Å². The van der Waals surface area contributed by atoms with Crippen molar-refractivity contribution in [3.05, 3.63) is 12.7 Å². The Morgan fingerprint density at radius 2 is 2.50 bits per heavy atom. The summed E-state index contributed by atoms with van der Waals surface area (Å²) in [6.45, 7) is 4.31. The second-order valence-electron chi connectivity index (χ2n) is 1.45. The van der Waals surface area contributed by atoms with Crippen LogP contribution in [0.25, 0.3) is 0 Å². The van der Waals surface area contributed by atoms with Gasteiger partial charge in [-0.2, -0.15) is 0 Å². The van der Waals surface area contributed by atoms with E-state index in [0.29, 0.717) is 4.32 Å². The molecule has 0 aliphatic carbocycles. The average Bonchev–Trinajstić information content (AvgIpc) is 1.67. The molecule has 0 aliphatic heterocycles. The van der Waals surface area contributed by atoms with Gasteiger partial charge in [0.2, 0.25) is 0 Å². The van der Waals surface area contributed by atoms with E-state index in [4.69, 9.17) is 12.2 Å². The van der Waals surface area contributed by atoms with E-state index in [1.165, 1.54) is 0 Å². The molecule has 0 N–H and O–H groups in total. The van der Waals surface area contributed by atoms with Crippen molar-refractivity contribution >= 4 is 29.2 Å². The first-order valence-electron chi connectivity index (χ1n) is 2.23. The maximum absolute atomic E-state index is 4.73. The zero-order chi connectivity index (χ0) is 6.57. The molecule has 3 heteroatoms. The lowest BCUT2D eigenvalue weighted by Crippen LogP contribution is -2.19. The third kappa shape index (κ3) is 3.04. The second-order valence-corrected chi connectivity index (χ2v) is 2.56. The predicted octanol–water partition coefficient (Wildman–Crippen LogP) is 1.32. The molecule has 0 fully saturated rings. The first-order chi connectivity index (χ1) is 3.68. The van der Waals surface area contributed by atoms with Gasteiger partial charge in [-0.1, -0.05) is 18.3 Å². The van der Waals surface area contributed by atoms with E-state index in [9.17, 15) is 0 Å². The standard InChI is InChI=1S/C5H9NS2/c1-3-4-6(2)5(7)8/h3H,1,4H2,2H3,(H,7,8). The number of rotatable bonds is 2. The van der Waals surface area contributed by atoms with Crippen molar-refractivity contribution in [3.63, 3.8) is 0 Å². The first kappa shape index (κ1) is 7.98. The first-order valence-corrected chi connectivity index (χ1v) is 3.09. The van der Waals surface area contributed by atoms with Crippen LogP contribution in [0, 0.1) is 0 Å². The average molecular weight is 147 g/mol. The van der Waals surface area contributed by atoms with Crippen molar-refractivity contribution < 1.29 is 0 Å². The zero-order valence-electron chi connectivity index (χ0n) is 4.79. The van der Waals surface area contributed by atoms with Gasteiger partial charge < -0.3 is 4.90 Å². The number of likely N-dealkylation sites (N-methyl/N-ethyl adjacent to an activating group) is 1. The molecule has 0 saturated heterocycles. The number of hydrogen-bond acceptors (Lipinski definition) is 1. The van der Waals surface area contributed by atoms with Gasteiger partial charge in [-0.25, -0.2) is 0 Å². The lowest BCUT2D eigenvalue weighted by molar-refractivity contribution is 0.586. The summed E-state index contributed by atoms with van der Waals surface area (Å²) in [6.07, 6.45) is 1.78. The smallest absolute Gasteiger partial charge is 0.133 e. The summed E-state index contributed by atoms with van der Waals surface area (Å²) in [5, 5.41) is 0. The highest BCUT2D eigenvalue weighted by Gasteiger charge is 1.91. The Hall–Kier alpha value is -0.0200. The van der Waals surface area contributed by atoms with E-state index in [0.717, 1.165) is 6.54 Å². The van der Waals surface area contributed by atoms with Crippen LogP contribution in [0.3, 0.4) is 0 Å². The lowest BCUT2D eigenvalue weighted by atomic mass is 10.6. The minimum atomic E-state index is 0.602. The van der Waals surface area contributed by atoms with Crippen molar-refractivity contribution in [1.29, 1.82) is 0 Å². The summed E-state index contributed by atoms with van der Waals surface area (Å²) in [5.74, 6) is 0. The monoisotopic (exact) mass is 147 g/mol. The molecule has 0 heterocycles. The van der Waals surface area contributed by atoms with E-state index in [-0.39, 0.29) is 0 Å². The van der Waals surface area contributed by atoms with Crippen LogP contribution in [0.2, 0.25) is 0 Å². The van der Waals surface area contributed by atoms with Gasteiger partial charge in [0.15, 0.2) is 0 Å². The summed E-state index contributed by atoms with van der Waals surface area (Å²) >= 11 is 8.66. The Labute approximate surface area is 60.8 Å².